The first-order valence-corrected chi connectivity index (χ1v) is 8.22. The Hall–Kier alpha value is 0.140. The van der Waals surface area contributed by atoms with E-state index in [1.54, 1.807) is 0 Å². The first kappa shape index (κ1) is 12.6. The lowest BCUT2D eigenvalue weighted by atomic mass is 10.2. The Morgan fingerprint density at radius 2 is 2.19 bits per heavy atom. The Balaban J connectivity index is 1.72. The molecule has 90 valence electrons. The van der Waals surface area contributed by atoms with E-state index in [0.29, 0.717) is 0 Å². The van der Waals surface area contributed by atoms with Crippen molar-refractivity contribution in [3.05, 3.63) is 22.4 Å². The predicted molar refractivity (Wildman–Crippen MR) is 75.4 cm³/mol. The van der Waals surface area contributed by atoms with Gasteiger partial charge in [-0.3, -0.25) is 4.90 Å². The summed E-state index contributed by atoms with van der Waals surface area (Å²) < 4.78 is 0. The number of thiophene rings is 1. The molecule has 3 heteroatoms. The molecule has 0 aromatic carbocycles. The summed E-state index contributed by atoms with van der Waals surface area (Å²) >= 11 is 5.39. The predicted octanol–water partition coefficient (Wildman–Crippen LogP) is 4.28. The molecule has 0 unspecified atom stereocenters. The molecule has 1 aliphatic rings. The molecule has 1 aliphatic carbocycles. The van der Waals surface area contributed by atoms with Crippen LogP contribution in [-0.4, -0.2) is 22.8 Å². The van der Waals surface area contributed by atoms with Crippen molar-refractivity contribution in [2.24, 2.45) is 0 Å². The fraction of sp³-hybridized carbons (Fsp3) is 0.692. The van der Waals surface area contributed by atoms with Crippen LogP contribution in [0.5, 0.6) is 0 Å². The second kappa shape index (κ2) is 6.77. The molecule has 1 nitrogen and oxygen atoms in total. The van der Waals surface area contributed by atoms with Crippen LogP contribution in [0.2, 0.25) is 0 Å². The summed E-state index contributed by atoms with van der Waals surface area (Å²) in [7, 11) is 0. The average Bonchev–Trinajstić information content (AvgIpc) is 3.02. The van der Waals surface area contributed by atoms with Gasteiger partial charge in [0.1, 0.15) is 0 Å². The van der Waals surface area contributed by atoms with Crippen LogP contribution in [0.15, 0.2) is 17.5 Å². The van der Waals surface area contributed by atoms with E-state index in [-0.39, 0.29) is 0 Å². The fourth-order valence-electron chi connectivity index (χ4n) is 2.02. The van der Waals surface area contributed by atoms with Gasteiger partial charge in [-0.25, -0.2) is 0 Å². The average molecular weight is 302 g/mol. The van der Waals surface area contributed by atoms with Crippen LogP contribution >= 0.6 is 27.3 Å². The highest BCUT2D eigenvalue weighted by atomic mass is 79.9. The van der Waals surface area contributed by atoms with Gasteiger partial charge >= 0.3 is 0 Å². The minimum absolute atomic E-state index is 0.895. The van der Waals surface area contributed by atoms with Crippen molar-refractivity contribution in [1.82, 2.24) is 4.90 Å². The van der Waals surface area contributed by atoms with Gasteiger partial charge in [0.05, 0.1) is 0 Å². The Morgan fingerprint density at radius 1 is 1.31 bits per heavy atom. The van der Waals surface area contributed by atoms with Crippen molar-refractivity contribution < 1.29 is 0 Å². The first-order chi connectivity index (χ1) is 7.90. The van der Waals surface area contributed by atoms with E-state index in [9.17, 15) is 0 Å². The summed E-state index contributed by atoms with van der Waals surface area (Å²) in [5.41, 5.74) is 0. The summed E-state index contributed by atoms with van der Waals surface area (Å²) in [5, 5.41) is 3.34. The van der Waals surface area contributed by atoms with Crippen LogP contribution in [0.25, 0.3) is 0 Å². The van der Waals surface area contributed by atoms with Crippen LogP contribution < -0.4 is 0 Å². The zero-order valence-electron chi connectivity index (χ0n) is 9.70. The maximum absolute atomic E-state index is 3.49. The first-order valence-electron chi connectivity index (χ1n) is 6.22. The van der Waals surface area contributed by atoms with E-state index in [1.807, 2.05) is 11.3 Å². The van der Waals surface area contributed by atoms with Crippen LogP contribution in [0.4, 0.5) is 0 Å². The van der Waals surface area contributed by atoms with Gasteiger partial charge < -0.3 is 0 Å². The van der Waals surface area contributed by atoms with Crippen molar-refractivity contribution in [1.29, 1.82) is 0 Å². The number of nitrogens with zero attached hydrogens (tertiary/aromatic N) is 1. The number of hydrogen-bond donors (Lipinski definition) is 0. The number of hydrogen-bond acceptors (Lipinski definition) is 2. The summed E-state index contributed by atoms with van der Waals surface area (Å²) in [6, 6.07) is 5.32. The van der Waals surface area contributed by atoms with Crippen LogP contribution in [-0.2, 0) is 6.54 Å². The molecule has 0 saturated heterocycles. The van der Waals surface area contributed by atoms with E-state index in [1.165, 1.54) is 50.1 Å². The lowest BCUT2D eigenvalue weighted by Gasteiger charge is -2.21. The Kier molecular flexibility index (Phi) is 5.33. The third kappa shape index (κ3) is 4.19. The maximum atomic E-state index is 3.49. The Bertz CT molecular complexity index is 282. The third-order valence-electron chi connectivity index (χ3n) is 3.08. The third-order valence-corrected chi connectivity index (χ3v) is 4.50. The quantitative estimate of drug-likeness (QED) is 0.512. The monoisotopic (exact) mass is 301 g/mol. The van der Waals surface area contributed by atoms with Crippen LogP contribution in [0.1, 0.15) is 37.0 Å². The molecule has 0 N–H and O–H groups in total. The second-order valence-electron chi connectivity index (χ2n) is 4.53. The SMILES string of the molecule is BrCCCCCN(Cc1cccs1)C1CC1. The number of unbranched alkanes of at least 4 members (excludes halogenated alkanes) is 2. The molecule has 0 spiro atoms. The molecule has 0 amide bonds. The second-order valence-corrected chi connectivity index (χ2v) is 6.36. The smallest absolute Gasteiger partial charge is 0.0330 e. The van der Waals surface area contributed by atoms with Gasteiger partial charge in [0.25, 0.3) is 0 Å². The molecule has 16 heavy (non-hydrogen) atoms. The van der Waals surface area contributed by atoms with Crippen LogP contribution in [0.3, 0.4) is 0 Å². The standard InChI is InChI=1S/C13H20BrNS/c14-8-2-1-3-9-15(12-6-7-12)11-13-5-4-10-16-13/h4-5,10,12H,1-3,6-9,11H2. The highest BCUT2D eigenvalue weighted by Gasteiger charge is 2.28. The molecule has 0 bridgehead atoms. The van der Waals surface area contributed by atoms with Crippen molar-refractivity contribution in [2.45, 2.75) is 44.7 Å². The highest BCUT2D eigenvalue weighted by Crippen LogP contribution is 2.29. The minimum Gasteiger partial charge on any atom is -0.295 e. The zero-order valence-corrected chi connectivity index (χ0v) is 12.1. The zero-order chi connectivity index (χ0) is 11.2. The van der Waals surface area contributed by atoms with Gasteiger partial charge in [0.15, 0.2) is 0 Å². The maximum Gasteiger partial charge on any atom is 0.0330 e. The van der Waals surface area contributed by atoms with Gasteiger partial charge in [0.2, 0.25) is 0 Å². The van der Waals surface area contributed by atoms with Crippen molar-refractivity contribution in [3.63, 3.8) is 0 Å². The lowest BCUT2D eigenvalue weighted by Crippen LogP contribution is -2.26. The number of alkyl halides is 1. The molecular weight excluding hydrogens is 282 g/mol. The molecule has 0 atom stereocenters. The molecule has 0 aliphatic heterocycles. The van der Waals surface area contributed by atoms with Crippen molar-refractivity contribution in [3.8, 4) is 0 Å². The van der Waals surface area contributed by atoms with E-state index in [4.69, 9.17) is 0 Å². The summed E-state index contributed by atoms with van der Waals surface area (Å²) in [6.45, 7) is 2.46. The van der Waals surface area contributed by atoms with Crippen molar-refractivity contribution in [2.75, 3.05) is 11.9 Å². The number of rotatable bonds is 8. The topological polar surface area (TPSA) is 3.24 Å². The Morgan fingerprint density at radius 3 is 2.81 bits per heavy atom. The Labute approximate surface area is 111 Å². The normalized spacial score (nSPS) is 15.9. The van der Waals surface area contributed by atoms with Gasteiger partial charge in [-0.05, 0) is 43.7 Å². The largest absolute Gasteiger partial charge is 0.295 e. The summed E-state index contributed by atoms with van der Waals surface area (Å²) in [4.78, 5) is 4.20. The van der Waals surface area contributed by atoms with Gasteiger partial charge in [-0.15, -0.1) is 11.3 Å². The van der Waals surface area contributed by atoms with Gasteiger partial charge in [-0.2, -0.15) is 0 Å². The lowest BCUT2D eigenvalue weighted by molar-refractivity contribution is 0.251. The molecule has 1 fully saturated rings. The van der Waals surface area contributed by atoms with E-state index >= 15 is 0 Å². The molecule has 1 aromatic rings. The fourth-order valence-corrected chi connectivity index (χ4v) is 3.15. The van der Waals surface area contributed by atoms with E-state index in [0.717, 1.165) is 11.4 Å². The molecule has 1 aromatic heterocycles. The number of halogens is 1. The van der Waals surface area contributed by atoms with E-state index in [2.05, 4.69) is 38.3 Å². The van der Waals surface area contributed by atoms with Crippen molar-refractivity contribution >= 4 is 27.3 Å². The minimum atomic E-state index is 0.895. The molecule has 1 heterocycles. The summed E-state index contributed by atoms with van der Waals surface area (Å²) in [5.74, 6) is 0. The summed E-state index contributed by atoms with van der Waals surface area (Å²) in [6.07, 6.45) is 6.87. The molecule has 0 radical (unpaired) electrons. The van der Waals surface area contributed by atoms with Crippen LogP contribution in [0, 0.1) is 0 Å². The molecule has 1 saturated carbocycles. The molecule has 2 rings (SSSR count). The highest BCUT2D eigenvalue weighted by molar-refractivity contribution is 9.09. The van der Waals surface area contributed by atoms with E-state index < -0.39 is 0 Å². The van der Waals surface area contributed by atoms with Gasteiger partial charge in [-0.1, -0.05) is 28.4 Å². The molecular formula is C13H20BrNS. The van der Waals surface area contributed by atoms with Gasteiger partial charge in [0, 0.05) is 22.8 Å².